The number of rotatable bonds is 6. The summed E-state index contributed by atoms with van der Waals surface area (Å²) in [6, 6.07) is 15.2. The molecule has 3 aromatic rings. The van der Waals surface area contributed by atoms with E-state index in [2.05, 4.69) is 21.7 Å². The van der Waals surface area contributed by atoms with Gasteiger partial charge in [0, 0.05) is 17.4 Å². The maximum absolute atomic E-state index is 12.7. The smallest absolute Gasteiger partial charge is 0.257 e. The highest BCUT2D eigenvalue weighted by molar-refractivity contribution is 6.34. The van der Waals surface area contributed by atoms with Crippen molar-refractivity contribution in [3.05, 3.63) is 88.2 Å². The van der Waals surface area contributed by atoms with Crippen LogP contribution in [0.25, 0.3) is 0 Å². The first kappa shape index (κ1) is 22.9. The molecule has 0 aliphatic heterocycles. The Morgan fingerprint density at radius 2 is 1.81 bits per heavy atom. The highest BCUT2D eigenvalue weighted by Crippen LogP contribution is 2.25. The Morgan fingerprint density at radius 3 is 2.53 bits per heavy atom. The van der Waals surface area contributed by atoms with E-state index < -0.39 is 11.3 Å². The van der Waals surface area contributed by atoms with Crippen LogP contribution < -0.4 is 10.6 Å². The lowest BCUT2D eigenvalue weighted by Crippen LogP contribution is -2.17. The van der Waals surface area contributed by atoms with Crippen molar-refractivity contribution in [3.63, 3.8) is 0 Å². The van der Waals surface area contributed by atoms with Crippen molar-refractivity contribution >= 4 is 34.8 Å². The Hall–Kier alpha value is -3.73. The number of carbonyl (C=O) groups excluding carboxylic acids is 2. The number of benzene rings is 2. The highest BCUT2D eigenvalue weighted by atomic mass is 35.5. The number of halogens is 1. The number of hydrogen-bond donors (Lipinski definition) is 3. The normalized spacial score (nSPS) is 10.8. The quantitative estimate of drug-likeness (QED) is 0.512. The van der Waals surface area contributed by atoms with Gasteiger partial charge in [0.1, 0.15) is 0 Å². The van der Waals surface area contributed by atoms with E-state index in [0.29, 0.717) is 22.5 Å². The Kier molecular flexibility index (Phi) is 6.89. The molecule has 7 nitrogen and oxygen atoms in total. The molecule has 0 radical (unpaired) electrons. The third kappa shape index (κ3) is 5.30. The van der Waals surface area contributed by atoms with Gasteiger partial charge in [-0.05, 0) is 61.4 Å². The van der Waals surface area contributed by atoms with Gasteiger partial charge in [-0.1, -0.05) is 23.7 Å². The Labute approximate surface area is 190 Å². The molecule has 2 aromatic carbocycles. The number of pyridine rings is 1. The van der Waals surface area contributed by atoms with Crippen molar-refractivity contribution in [1.82, 2.24) is 4.98 Å². The molecule has 8 heteroatoms. The van der Waals surface area contributed by atoms with Crippen LogP contribution >= 0.6 is 11.6 Å². The molecule has 0 unspecified atom stereocenters. The number of anilines is 2. The van der Waals surface area contributed by atoms with Gasteiger partial charge in [-0.25, -0.2) is 0 Å². The van der Waals surface area contributed by atoms with Gasteiger partial charge in [-0.2, -0.15) is 5.26 Å². The topological polar surface area (TPSA) is 115 Å². The predicted molar refractivity (Wildman–Crippen MR) is 123 cm³/mol. The molecule has 0 atom stereocenters. The summed E-state index contributed by atoms with van der Waals surface area (Å²) in [7, 11) is 0. The largest absolute Gasteiger partial charge is 0.392 e. The SMILES string of the molecule is CC(C)(C#N)c1cccc(C(=O)Nc2ccc(Cl)c(C(=O)Nc3cncc(CO)c3)c2)c1. The minimum absolute atomic E-state index is 0.165. The molecule has 162 valence electrons. The van der Waals surface area contributed by atoms with Gasteiger partial charge in [-0.15, -0.1) is 0 Å². The third-order valence-corrected chi connectivity index (χ3v) is 5.16. The summed E-state index contributed by atoms with van der Waals surface area (Å²) in [6.45, 7) is 3.35. The van der Waals surface area contributed by atoms with Crippen LogP contribution in [0.15, 0.2) is 60.9 Å². The zero-order chi connectivity index (χ0) is 23.3. The first-order valence-electron chi connectivity index (χ1n) is 9.72. The predicted octanol–water partition coefficient (Wildman–Crippen LogP) is 4.53. The zero-order valence-electron chi connectivity index (χ0n) is 17.5. The van der Waals surface area contributed by atoms with Gasteiger partial charge in [0.25, 0.3) is 11.8 Å². The lowest BCUT2D eigenvalue weighted by atomic mass is 9.85. The number of amides is 2. The molecular weight excluding hydrogens is 428 g/mol. The lowest BCUT2D eigenvalue weighted by Gasteiger charge is -2.16. The molecule has 0 saturated carbocycles. The van der Waals surface area contributed by atoms with Crippen molar-refractivity contribution in [3.8, 4) is 6.07 Å². The number of carbonyl (C=O) groups is 2. The van der Waals surface area contributed by atoms with Crippen LogP contribution in [0.2, 0.25) is 5.02 Å². The molecule has 3 N–H and O–H groups in total. The van der Waals surface area contributed by atoms with E-state index in [1.807, 2.05) is 0 Å². The standard InChI is InChI=1S/C24H21ClN4O3/c1-24(2,14-26)17-5-3-4-16(9-17)22(31)28-18-6-7-21(25)20(10-18)23(32)29-19-8-15(13-30)11-27-12-19/h3-12,30H,13H2,1-2H3,(H,28,31)(H,29,32). The van der Waals surface area contributed by atoms with E-state index in [0.717, 1.165) is 5.56 Å². The highest BCUT2D eigenvalue weighted by Gasteiger charge is 2.21. The number of aliphatic hydroxyl groups is 1. The summed E-state index contributed by atoms with van der Waals surface area (Å²) in [4.78, 5) is 29.4. The Balaban J connectivity index is 1.80. The van der Waals surface area contributed by atoms with Crippen LogP contribution in [-0.2, 0) is 12.0 Å². The number of aromatic nitrogens is 1. The van der Waals surface area contributed by atoms with Crippen LogP contribution in [0, 0.1) is 11.3 Å². The van der Waals surface area contributed by atoms with Gasteiger partial charge >= 0.3 is 0 Å². The molecule has 0 aliphatic carbocycles. The molecule has 1 heterocycles. The van der Waals surface area contributed by atoms with Gasteiger partial charge in [-0.3, -0.25) is 14.6 Å². The minimum Gasteiger partial charge on any atom is -0.392 e. The Bertz CT molecular complexity index is 1220. The van der Waals surface area contributed by atoms with E-state index in [-0.39, 0.29) is 23.1 Å². The van der Waals surface area contributed by atoms with Crippen LogP contribution in [0.1, 0.15) is 45.7 Å². The Morgan fingerprint density at radius 1 is 1.06 bits per heavy atom. The van der Waals surface area contributed by atoms with Gasteiger partial charge in [0.15, 0.2) is 0 Å². The van der Waals surface area contributed by atoms with Crippen LogP contribution in [0.4, 0.5) is 11.4 Å². The van der Waals surface area contributed by atoms with Crippen molar-refractivity contribution in [2.75, 3.05) is 10.6 Å². The number of hydrogen-bond acceptors (Lipinski definition) is 5. The van der Waals surface area contributed by atoms with E-state index in [9.17, 15) is 20.0 Å². The van der Waals surface area contributed by atoms with Gasteiger partial charge in [0.2, 0.25) is 0 Å². The number of nitrogens with one attached hydrogen (secondary N) is 2. The summed E-state index contributed by atoms with van der Waals surface area (Å²) in [5.74, 6) is -0.866. The zero-order valence-corrected chi connectivity index (χ0v) is 18.3. The minimum atomic E-state index is -0.732. The summed E-state index contributed by atoms with van der Waals surface area (Å²) in [5.41, 5.74) is 1.89. The second kappa shape index (κ2) is 9.60. The number of nitriles is 1. The fraction of sp³-hybridized carbons (Fsp3) is 0.167. The molecule has 2 amide bonds. The first-order valence-corrected chi connectivity index (χ1v) is 10.1. The fourth-order valence-electron chi connectivity index (χ4n) is 2.93. The maximum Gasteiger partial charge on any atom is 0.257 e. The van der Waals surface area contributed by atoms with E-state index in [4.69, 9.17) is 11.6 Å². The molecular formula is C24H21ClN4O3. The third-order valence-electron chi connectivity index (χ3n) is 4.83. The maximum atomic E-state index is 12.7. The molecule has 0 bridgehead atoms. The molecule has 0 spiro atoms. The monoisotopic (exact) mass is 448 g/mol. The summed E-state index contributed by atoms with van der Waals surface area (Å²) in [5, 5.41) is 24.2. The second-order valence-corrected chi connectivity index (χ2v) is 8.07. The van der Waals surface area contributed by atoms with E-state index >= 15 is 0 Å². The van der Waals surface area contributed by atoms with Crippen molar-refractivity contribution in [2.24, 2.45) is 0 Å². The number of aliphatic hydroxyl groups excluding tert-OH is 1. The van der Waals surface area contributed by atoms with Crippen molar-refractivity contribution in [2.45, 2.75) is 25.9 Å². The molecule has 1 aromatic heterocycles. The van der Waals surface area contributed by atoms with Crippen LogP contribution in [-0.4, -0.2) is 21.9 Å². The van der Waals surface area contributed by atoms with E-state index in [1.165, 1.54) is 24.5 Å². The molecule has 3 rings (SSSR count). The van der Waals surface area contributed by atoms with Crippen molar-refractivity contribution in [1.29, 1.82) is 5.26 Å². The molecule has 0 aliphatic rings. The average Bonchev–Trinajstić information content (AvgIpc) is 2.80. The summed E-state index contributed by atoms with van der Waals surface area (Å²) in [6.07, 6.45) is 2.94. The number of nitrogens with zero attached hydrogens (tertiary/aromatic N) is 2. The van der Waals surface area contributed by atoms with Crippen molar-refractivity contribution < 1.29 is 14.7 Å². The summed E-state index contributed by atoms with van der Waals surface area (Å²) >= 11 is 6.20. The molecule has 32 heavy (non-hydrogen) atoms. The summed E-state index contributed by atoms with van der Waals surface area (Å²) < 4.78 is 0. The second-order valence-electron chi connectivity index (χ2n) is 7.66. The lowest BCUT2D eigenvalue weighted by molar-refractivity contribution is 0.101. The fourth-order valence-corrected chi connectivity index (χ4v) is 3.14. The molecule has 0 fully saturated rings. The van der Waals surface area contributed by atoms with Gasteiger partial charge < -0.3 is 15.7 Å². The van der Waals surface area contributed by atoms with E-state index in [1.54, 1.807) is 50.2 Å². The first-order chi connectivity index (χ1) is 15.2. The van der Waals surface area contributed by atoms with Crippen LogP contribution in [0.5, 0.6) is 0 Å². The molecule has 0 saturated heterocycles. The van der Waals surface area contributed by atoms with Crippen LogP contribution in [0.3, 0.4) is 0 Å². The average molecular weight is 449 g/mol. The van der Waals surface area contributed by atoms with Gasteiger partial charge in [0.05, 0.1) is 40.6 Å².